The molecule has 118 heavy (non-hydrogen) atoms. The maximum Gasteiger partial charge on any atom is 0.338 e. The zero-order chi connectivity index (χ0) is 84.1. The summed E-state index contributed by atoms with van der Waals surface area (Å²) in [5, 5.41) is 8.87. The molecule has 0 bridgehead atoms. The third-order valence-corrected chi connectivity index (χ3v) is 26.1. The van der Waals surface area contributed by atoms with Gasteiger partial charge in [-0.2, -0.15) is 5.26 Å². The second-order valence-electron chi connectivity index (χ2n) is 34.4. The van der Waals surface area contributed by atoms with Crippen LogP contribution in [0.5, 0.6) is 11.5 Å². The number of methoxy groups -OCH3 is 1. The van der Waals surface area contributed by atoms with E-state index in [1.165, 1.54) is 73.6 Å². The fourth-order valence-corrected chi connectivity index (χ4v) is 19.8. The number of hydrogen-bond acceptors (Lipinski definition) is 21. The van der Waals surface area contributed by atoms with E-state index in [2.05, 4.69) is 92.6 Å². The maximum atomic E-state index is 12.9. The molecule has 0 spiro atoms. The van der Waals surface area contributed by atoms with Gasteiger partial charge in [0.15, 0.2) is 0 Å². The van der Waals surface area contributed by atoms with Crippen LogP contribution in [0.15, 0.2) is 188 Å². The van der Waals surface area contributed by atoms with Gasteiger partial charge in [-0.1, -0.05) is 138 Å². The SMILES string of the molecule is CC(C)CCCC(C)C1CCC2C3CC=C4CC(OC(=O)c5cc(N)cc(N)c5)CC[C@]4(C)C3CCC12C.COc1ccc(C2CCC(OC(=O)c3cc(N)cc(N)c3)CC2)cc1.N#Cc1ccc(-c2ccc(CCCOc3ccc(N)cc3N)cc2)cc1.Nc1ccc(Cc2ccc(N)cc2)cc1.O=C1OC(=O)C2C1C1C(=O)OC(=O)C21. The van der Waals surface area contributed by atoms with Crippen molar-refractivity contribution < 1.29 is 57.2 Å². The van der Waals surface area contributed by atoms with Crippen LogP contribution < -0.4 is 55.3 Å². The van der Waals surface area contributed by atoms with E-state index in [0.717, 1.165) is 128 Å². The number of cyclic esters (lactones) is 4. The van der Waals surface area contributed by atoms with Crippen molar-refractivity contribution in [1.82, 2.24) is 0 Å². The predicted octanol–water partition coefficient (Wildman–Crippen LogP) is 17.6. The Morgan fingerprint density at radius 3 is 1.53 bits per heavy atom. The normalized spacial score (nSPS) is 25.0. The summed E-state index contributed by atoms with van der Waals surface area (Å²) >= 11 is 0. The van der Waals surface area contributed by atoms with Crippen molar-refractivity contribution in [3.63, 3.8) is 0 Å². The zero-order valence-corrected chi connectivity index (χ0v) is 68.7. The minimum absolute atomic E-state index is 0.0512. The van der Waals surface area contributed by atoms with Crippen LogP contribution in [0.2, 0.25) is 0 Å². The molecule has 2 saturated heterocycles. The summed E-state index contributed by atoms with van der Waals surface area (Å²) in [4.78, 5) is 69.5. The molecule has 0 radical (unpaired) electrons. The Kier molecular flexibility index (Phi) is 27.6. The number of esters is 6. The monoisotopic (exact) mass is 1600 g/mol. The minimum atomic E-state index is -0.786. The van der Waals surface area contributed by atoms with E-state index in [0.29, 0.717) is 74.5 Å². The molecular formula is C97H115N9O12. The summed E-state index contributed by atoms with van der Waals surface area (Å²) in [6.07, 6.45) is 22.9. The Hall–Kier alpha value is -11.8. The smallest absolute Gasteiger partial charge is 0.338 e. The molecule has 16 rings (SSSR count). The average molecular weight is 1600 g/mol. The molecule has 7 unspecified atom stereocenters. The van der Waals surface area contributed by atoms with E-state index < -0.39 is 47.5 Å². The van der Waals surface area contributed by atoms with E-state index >= 15 is 0 Å². The molecule has 8 aromatic rings. The van der Waals surface area contributed by atoms with E-state index in [4.69, 9.17) is 70.1 Å². The third-order valence-electron chi connectivity index (χ3n) is 26.1. The van der Waals surface area contributed by atoms with Gasteiger partial charge in [0.25, 0.3) is 0 Å². The van der Waals surface area contributed by atoms with Crippen LogP contribution in [0.25, 0.3) is 11.1 Å². The number of aryl methyl sites for hydroxylation is 1. The van der Waals surface area contributed by atoms with Crippen molar-refractivity contribution in [2.45, 2.75) is 168 Å². The molecule has 8 aromatic carbocycles. The number of nitrogens with zero attached hydrogens (tertiary/aromatic N) is 1. The van der Waals surface area contributed by atoms with Crippen molar-refractivity contribution in [3.05, 3.63) is 227 Å². The van der Waals surface area contributed by atoms with Crippen LogP contribution in [-0.2, 0) is 51.0 Å². The number of carbonyl (C=O) groups is 6. The number of nitriles is 1. The molecule has 21 heteroatoms. The first-order valence-corrected chi connectivity index (χ1v) is 41.7. The van der Waals surface area contributed by atoms with Gasteiger partial charge < -0.3 is 74.3 Å². The van der Waals surface area contributed by atoms with E-state index in [1.54, 1.807) is 67.3 Å². The average Bonchev–Trinajstić information content (AvgIpc) is 1.31. The highest BCUT2D eigenvalue weighted by molar-refractivity contribution is 6.10. The lowest BCUT2D eigenvalue weighted by molar-refractivity contribution is -0.158. The highest BCUT2D eigenvalue weighted by atomic mass is 16.6. The fourth-order valence-electron chi connectivity index (χ4n) is 19.8. The van der Waals surface area contributed by atoms with Crippen molar-refractivity contribution in [1.29, 1.82) is 5.26 Å². The number of anilines is 8. The first-order chi connectivity index (χ1) is 56.6. The number of allylic oxidation sites excluding steroid dienone is 1. The number of fused-ring (bicyclic) bond motifs is 9. The summed E-state index contributed by atoms with van der Waals surface area (Å²) in [6, 6.07) is 57.4. The molecule has 21 nitrogen and oxygen atoms in total. The first-order valence-electron chi connectivity index (χ1n) is 41.7. The summed E-state index contributed by atoms with van der Waals surface area (Å²) < 4.78 is 31.2. The van der Waals surface area contributed by atoms with Gasteiger partial charge in [0, 0.05) is 46.2 Å². The summed E-state index contributed by atoms with van der Waals surface area (Å²) in [5.74, 6) is 0.434. The van der Waals surface area contributed by atoms with Gasteiger partial charge in [-0.05, 0) is 279 Å². The number of ether oxygens (including phenoxy) is 6. The van der Waals surface area contributed by atoms with Gasteiger partial charge >= 0.3 is 35.8 Å². The second kappa shape index (κ2) is 38.1. The van der Waals surface area contributed by atoms with E-state index in [-0.39, 0.29) is 29.6 Å². The fraction of sp³-hybridized carbons (Fsp3) is 0.412. The molecule has 7 fully saturated rings. The van der Waals surface area contributed by atoms with E-state index in [1.807, 2.05) is 84.9 Å². The minimum Gasteiger partial charge on any atom is -0.497 e. The molecule has 2 heterocycles. The highest BCUT2D eigenvalue weighted by Crippen LogP contribution is 2.68. The Balaban J connectivity index is 0.000000142. The van der Waals surface area contributed by atoms with Crippen LogP contribution in [0.3, 0.4) is 0 Å². The lowest BCUT2D eigenvalue weighted by Crippen LogP contribution is -2.51. The quantitative estimate of drug-likeness (QED) is 0.00931. The van der Waals surface area contributed by atoms with Crippen LogP contribution in [0, 0.1) is 81.3 Å². The Morgan fingerprint density at radius 1 is 0.517 bits per heavy atom. The zero-order valence-electron chi connectivity index (χ0n) is 68.7. The molecule has 2 aliphatic heterocycles. The Labute approximate surface area is 693 Å². The molecule has 0 amide bonds. The molecule has 6 aliphatic carbocycles. The van der Waals surface area contributed by atoms with E-state index in [9.17, 15) is 28.8 Å². The summed E-state index contributed by atoms with van der Waals surface area (Å²) in [7, 11) is 1.67. The maximum absolute atomic E-state index is 12.9. The predicted molar refractivity (Wildman–Crippen MR) is 463 cm³/mol. The number of hydrogen-bond donors (Lipinski definition) is 8. The number of rotatable bonds is 19. The Morgan fingerprint density at radius 2 is 1.03 bits per heavy atom. The molecule has 16 N–H and O–H groups in total. The van der Waals surface area contributed by atoms with Gasteiger partial charge in [0.1, 0.15) is 23.7 Å². The third kappa shape index (κ3) is 20.6. The summed E-state index contributed by atoms with van der Waals surface area (Å²) in [5.41, 5.74) is 62.0. The van der Waals surface area contributed by atoms with Crippen LogP contribution >= 0.6 is 0 Å². The Bertz CT molecular complexity index is 4780. The number of nitrogens with two attached hydrogens (primary N) is 8. The van der Waals surface area contributed by atoms with Crippen LogP contribution in [0.4, 0.5) is 45.5 Å². The first kappa shape index (κ1) is 85.6. The number of benzene rings is 8. The molecule has 8 atom stereocenters. The summed E-state index contributed by atoms with van der Waals surface area (Å²) in [6.45, 7) is 13.1. The topological polar surface area (TPSA) is 390 Å². The van der Waals surface area contributed by atoms with Gasteiger partial charge in [-0.3, -0.25) is 19.2 Å². The molecule has 8 aliphatic rings. The highest BCUT2D eigenvalue weighted by Gasteiger charge is 2.73. The number of nitrogen functional groups attached to an aromatic ring is 8. The number of carbonyl (C=O) groups excluding carboxylic acids is 6. The van der Waals surface area contributed by atoms with Gasteiger partial charge in [-0.15, -0.1) is 0 Å². The van der Waals surface area contributed by atoms with Crippen LogP contribution in [0.1, 0.15) is 192 Å². The van der Waals surface area contributed by atoms with Crippen molar-refractivity contribution in [2.24, 2.45) is 70.0 Å². The molecule has 0 aromatic heterocycles. The van der Waals surface area contributed by atoms with Crippen molar-refractivity contribution >= 4 is 81.3 Å². The van der Waals surface area contributed by atoms with Crippen LogP contribution in [-0.4, -0.2) is 61.7 Å². The standard InChI is InChI=1S/C34H52N2O2.C22H21N3O.C20H24N2O3.C13H14N2.C8H4O6/c1-21(2)7-6-8-22(3)29-11-12-30-28-10-9-24-19-27(38-32(37)23-17-25(35)20-26(36)18-23)13-15-33(24,4)31(28)14-16-34(29,30)5;23-15-17-5-9-19(10-6-17)18-7-3-16(4-8-18)2-1-13-26-22-12-11-20(24)14-21(22)25;1-24-18-6-2-13(3-7-18)14-4-8-19(9-5-14)25-20(23)15-10-16(21)12-17(22)11-15;14-12-5-1-10(2-6-12)9-11-3-7-13(15)8-4-11;9-5-1-2(6(10)13-5)4-3(1)7(11)14-8(4)12/h9,17-18,20-22,27-31H,6-8,10-16,19,35-36H2,1-5H3;3-12,14H,1-2,13,24-25H2;2-3,6-7,10-12,14,19H,4-5,8-9,21-22H2,1H3;1-8H,9,14-15H2;1-4H/t22?,27?,28?,29?,30?,31?,33-,34?;;;;/m0..../s1. The van der Waals surface area contributed by atoms with Gasteiger partial charge in [0.05, 0.1) is 65.8 Å². The molecule has 5 saturated carbocycles. The van der Waals surface area contributed by atoms with Crippen molar-refractivity contribution in [3.8, 4) is 28.7 Å². The molecule has 620 valence electrons. The van der Waals surface area contributed by atoms with Gasteiger partial charge in [-0.25, -0.2) is 9.59 Å². The van der Waals surface area contributed by atoms with Crippen molar-refractivity contribution in [2.75, 3.05) is 59.6 Å². The molecular weight excluding hydrogens is 1480 g/mol. The van der Waals surface area contributed by atoms with Gasteiger partial charge in [0.2, 0.25) is 0 Å². The largest absolute Gasteiger partial charge is 0.497 e. The lowest BCUT2D eigenvalue weighted by Gasteiger charge is -2.58. The lowest BCUT2D eigenvalue weighted by atomic mass is 9.47. The second-order valence-corrected chi connectivity index (χ2v) is 34.4.